The molecule has 0 bridgehead atoms. The fourth-order valence-electron chi connectivity index (χ4n) is 4.26. The molecule has 3 aromatic rings. The van der Waals surface area contributed by atoms with Gasteiger partial charge in [-0.1, -0.05) is 47.5 Å². The lowest BCUT2D eigenvalue weighted by atomic mass is 9.75. The van der Waals surface area contributed by atoms with Crippen LogP contribution in [0.1, 0.15) is 25.1 Å². The van der Waals surface area contributed by atoms with E-state index in [1.807, 2.05) is 36.5 Å². The van der Waals surface area contributed by atoms with Crippen molar-refractivity contribution in [1.82, 2.24) is 9.55 Å². The molecule has 31 heavy (non-hydrogen) atoms. The summed E-state index contributed by atoms with van der Waals surface area (Å²) in [7, 11) is 0. The first-order valence-corrected chi connectivity index (χ1v) is 10.7. The first kappa shape index (κ1) is 23.6. The van der Waals surface area contributed by atoms with Crippen LogP contribution in [0, 0.1) is 5.41 Å². The second-order valence-electron chi connectivity index (χ2n) is 7.82. The van der Waals surface area contributed by atoms with Crippen molar-refractivity contribution in [3.05, 3.63) is 64.5 Å². The Bertz CT molecular complexity index is 1100. The predicted octanol–water partition coefficient (Wildman–Crippen LogP) is 5.70. The maximum atomic E-state index is 12.0. The summed E-state index contributed by atoms with van der Waals surface area (Å²) in [6.45, 7) is 1.11. The highest BCUT2D eigenvalue weighted by atomic mass is 35.5. The van der Waals surface area contributed by atoms with Crippen LogP contribution in [0.3, 0.4) is 0 Å². The van der Waals surface area contributed by atoms with E-state index in [0.29, 0.717) is 48.8 Å². The van der Waals surface area contributed by atoms with Crippen molar-refractivity contribution < 1.29 is 9.90 Å². The molecule has 2 heterocycles. The number of nitrogens with two attached hydrogens (primary N) is 1. The standard InChI is InChI=1S/C23H23Cl2N3O2.ClH/c24-17-5-6-18(19(25)12-17)15-3-1-4-16(11-15)20-14-27-21-13-23(22(29)30,7-2-9-26)8-10-28(20)21;/h1,3-6,11-12,14H,2,7-10,13,26H2,(H,29,30);1H/t23-;/m1./s1. The van der Waals surface area contributed by atoms with Crippen molar-refractivity contribution in [1.29, 1.82) is 0 Å². The zero-order valence-electron chi connectivity index (χ0n) is 16.9. The fraction of sp³-hybridized carbons (Fsp3) is 0.304. The van der Waals surface area contributed by atoms with Crippen LogP contribution < -0.4 is 5.73 Å². The summed E-state index contributed by atoms with van der Waals surface area (Å²) in [5.41, 5.74) is 8.75. The maximum Gasteiger partial charge on any atom is 0.310 e. The Morgan fingerprint density at radius 2 is 1.97 bits per heavy atom. The number of aliphatic carboxylic acids is 1. The van der Waals surface area contributed by atoms with E-state index in [4.69, 9.17) is 28.9 Å². The third-order valence-corrected chi connectivity index (χ3v) is 6.51. The van der Waals surface area contributed by atoms with E-state index in [-0.39, 0.29) is 12.4 Å². The third-order valence-electron chi connectivity index (χ3n) is 5.96. The highest BCUT2D eigenvalue weighted by molar-refractivity contribution is 6.36. The Morgan fingerprint density at radius 1 is 1.19 bits per heavy atom. The van der Waals surface area contributed by atoms with Crippen molar-refractivity contribution in [2.24, 2.45) is 11.1 Å². The van der Waals surface area contributed by atoms with E-state index >= 15 is 0 Å². The van der Waals surface area contributed by atoms with Gasteiger partial charge in [0.2, 0.25) is 0 Å². The highest BCUT2D eigenvalue weighted by Gasteiger charge is 2.42. The smallest absolute Gasteiger partial charge is 0.310 e. The topological polar surface area (TPSA) is 81.1 Å². The van der Waals surface area contributed by atoms with Crippen LogP contribution in [0.5, 0.6) is 0 Å². The first-order chi connectivity index (χ1) is 14.4. The highest BCUT2D eigenvalue weighted by Crippen LogP contribution is 2.39. The number of hydrogen-bond acceptors (Lipinski definition) is 3. The minimum Gasteiger partial charge on any atom is -0.481 e. The largest absolute Gasteiger partial charge is 0.481 e. The average molecular weight is 481 g/mol. The number of fused-ring (bicyclic) bond motifs is 1. The van der Waals surface area contributed by atoms with Crippen molar-refractivity contribution in [3.8, 4) is 22.4 Å². The zero-order valence-corrected chi connectivity index (χ0v) is 19.2. The molecule has 0 saturated heterocycles. The third kappa shape index (κ3) is 4.60. The summed E-state index contributed by atoms with van der Waals surface area (Å²) >= 11 is 12.4. The second kappa shape index (κ2) is 9.61. The molecule has 0 amide bonds. The second-order valence-corrected chi connectivity index (χ2v) is 8.66. The molecule has 1 aliphatic rings. The monoisotopic (exact) mass is 479 g/mol. The molecule has 1 aliphatic heterocycles. The van der Waals surface area contributed by atoms with Gasteiger partial charge < -0.3 is 15.4 Å². The minimum atomic E-state index is -0.781. The number of rotatable bonds is 6. The summed E-state index contributed by atoms with van der Waals surface area (Å²) in [4.78, 5) is 16.6. The van der Waals surface area contributed by atoms with Gasteiger partial charge in [-0.25, -0.2) is 4.98 Å². The molecule has 0 spiro atoms. The van der Waals surface area contributed by atoms with Crippen molar-refractivity contribution in [3.63, 3.8) is 0 Å². The molecule has 3 N–H and O–H groups in total. The Morgan fingerprint density at radius 3 is 2.68 bits per heavy atom. The Hall–Kier alpha value is -2.05. The molecule has 0 radical (unpaired) electrons. The molecule has 1 atom stereocenters. The predicted molar refractivity (Wildman–Crippen MR) is 127 cm³/mol. The SMILES string of the molecule is Cl.NCCC[C@@]1(C(=O)O)CCn2c(-c3cccc(-c4ccc(Cl)cc4Cl)c3)cnc2C1. The van der Waals surface area contributed by atoms with Crippen molar-refractivity contribution in [2.45, 2.75) is 32.2 Å². The number of imidazole rings is 1. The summed E-state index contributed by atoms with van der Waals surface area (Å²) < 4.78 is 2.13. The number of nitrogens with zero attached hydrogens (tertiary/aromatic N) is 2. The molecule has 5 nitrogen and oxygen atoms in total. The molecular weight excluding hydrogens is 457 g/mol. The van der Waals surface area contributed by atoms with Crippen LogP contribution in [0.15, 0.2) is 48.7 Å². The van der Waals surface area contributed by atoms with Gasteiger partial charge in [0, 0.05) is 34.1 Å². The van der Waals surface area contributed by atoms with Gasteiger partial charge in [0.05, 0.1) is 17.3 Å². The van der Waals surface area contributed by atoms with Gasteiger partial charge in [0.15, 0.2) is 0 Å². The molecule has 4 rings (SSSR count). The lowest BCUT2D eigenvalue weighted by Gasteiger charge is -2.34. The fourth-order valence-corrected chi connectivity index (χ4v) is 4.78. The van der Waals surface area contributed by atoms with Gasteiger partial charge in [0.25, 0.3) is 0 Å². The summed E-state index contributed by atoms with van der Waals surface area (Å²) in [6, 6.07) is 13.6. The number of carbonyl (C=O) groups is 1. The number of benzene rings is 2. The first-order valence-electron chi connectivity index (χ1n) is 9.97. The van der Waals surface area contributed by atoms with Gasteiger partial charge >= 0.3 is 5.97 Å². The van der Waals surface area contributed by atoms with Crippen LogP contribution in [0.25, 0.3) is 22.4 Å². The Balaban J connectivity index is 0.00000272. The molecule has 2 aromatic carbocycles. The summed E-state index contributed by atoms with van der Waals surface area (Å²) in [5.74, 6) is 0.0525. The van der Waals surface area contributed by atoms with Crippen LogP contribution in [0.2, 0.25) is 10.0 Å². The number of aromatic nitrogens is 2. The molecular formula is C23H24Cl3N3O2. The van der Waals surface area contributed by atoms with Gasteiger partial charge in [-0.2, -0.15) is 0 Å². The molecule has 0 saturated carbocycles. The van der Waals surface area contributed by atoms with E-state index in [1.165, 1.54) is 0 Å². The molecule has 0 unspecified atom stereocenters. The Kier molecular flexibility index (Phi) is 7.32. The molecule has 0 aliphatic carbocycles. The number of hydrogen-bond donors (Lipinski definition) is 2. The summed E-state index contributed by atoms with van der Waals surface area (Å²) in [6.07, 6.45) is 4.10. The summed E-state index contributed by atoms with van der Waals surface area (Å²) in [5, 5.41) is 11.1. The molecule has 164 valence electrons. The zero-order chi connectivity index (χ0) is 21.3. The molecule has 1 aromatic heterocycles. The van der Waals surface area contributed by atoms with Gasteiger partial charge in [-0.3, -0.25) is 4.79 Å². The van der Waals surface area contributed by atoms with E-state index in [9.17, 15) is 9.90 Å². The normalized spacial score (nSPS) is 17.6. The van der Waals surface area contributed by atoms with Crippen molar-refractivity contribution >= 4 is 41.6 Å². The maximum absolute atomic E-state index is 12.0. The minimum absolute atomic E-state index is 0. The number of halogens is 3. The van der Waals surface area contributed by atoms with E-state index in [2.05, 4.69) is 15.6 Å². The van der Waals surface area contributed by atoms with Crippen LogP contribution in [-0.2, 0) is 17.8 Å². The lowest BCUT2D eigenvalue weighted by Crippen LogP contribution is -2.39. The van der Waals surface area contributed by atoms with Crippen LogP contribution in [-0.4, -0.2) is 27.2 Å². The Labute approximate surface area is 197 Å². The van der Waals surface area contributed by atoms with E-state index in [1.54, 1.807) is 6.07 Å². The van der Waals surface area contributed by atoms with E-state index < -0.39 is 11.4 Å². The van der Waals surface area contributed by atoms with E-state index in [0.717, 1.165) is 28.2 Å². The number of carboxylic acid groups (broad SMARTS) is 1. The van der Waals surface area contributed by atoms with Gasteiger partial charge in [-0.05, 0) is 49.6 Å². The molecule has 0 fully saturated rings. The van der Waals surface area contributed by atoms with Gasteiger partial charge in [-0.15, -0.1) is 12.4 Å². The average Bonchev–Trinajstić information content (AvgIpc) is 3.15. The van der Waals surface area contributed by atoms with Crippen molar-refractivity contribution in [2.75, 3.05) is 6.54 Å². The lowest BCUT2D eigenvalue weighted by molar-refractivity contribution is -0.151. The van der Waals surface area contributed by atoms with Gasteiger partial charge in [0.1, 0.15) is 5.82 Å². The number of carboxylic acids is 1. The van der Waals surface area contributed by atoms with Crippen LogP contribution in [0.4, 0.5) is 0 Å². The quantitative estimate of drug-likeness (QED) is 0.474. The van der Waals surface area contributed by atoms with Crippen LogP contribution >= 0.6 is 35.6 Å². The molecule has 8 heteroatoms.